The maximum atomic E-state index is 12.6. The van der Waals surface area contributed by atoms with E-state index in [4.69, 9.17) is 18.5 Å². The van der Waals surface area contributed by atoms with Crippen molar-refractivity contribution in [2.24, 2.45) is 0 Å². The standard InChI is InChI=1S/C40H76NO8PS2/c1-6-8-10-12-14-16-18-20-22-24-26-28-32-51-36-39(42)46-34-38(35-48-50(44,45)47-31-30-41(3,4)5)49-40(43)37-52-33-29-27-25-23-21-19-17-15-13-11-9-7-2/h16-19,38H,6-15,20-37H2,1-5H3/b18-16-,19-17-/t38-/m1/s1. The van der Waals surface area contributed by atoms with Crippen molar-refractivity contribution < 1.29 is 42.1 Å². The summed E-state index contributed by atoms with van der Waals surface area (Å²) >= 11 is 3.00. The van der Waals surface area contributed by atoms with E-state index in [0.29, 0.717) is 11.0 Å². The van der Waals surface area contributed by atoms with Crippen LogP contribution in [0.3, 0.4) is 0 Å². The summed E-state index contributed by atoms with van der Waals surface area (Å²) in [5.41, 5.74) is 0. The van der Waals surface area contributed by atoms with Crippen LogP contribution in [0.1, 0.15) is 142 Å². The summed E-state index contributed by atoms with van der Waals surface area (Å²) < 4.78 is 33.7. The maximum Gasteiger partial charge on any atom is 0.316 e. The molecule has 0 aliphatic carbocycles. The lowest BCUT2D eigenvalue weighted by atomic mass is 10.1. The molecule has 0 saturated heterocycles. The number of unbranched alkanes of at least 4 members (excludes halogenated alkanes) is 16. The molecular weight excluding hydrogens is 718 g/mol. The van der Waals surface area contributed by atoms with Crippen LogP contribution >= 0.6 is 31.3 Å². The van der Waals surface area contributed by atoms with Gasteiger partial charge in [-0.25, -0.2) is 0 Å². The Bertz CT molecular complexity index is 960. The van der Waals surface area contributed by atoms with Crippen molar-refractivity contribution in [1.82, 2.24) is 0 Å². The summed E-state index contributed by atoms with van der Waals surface area (Å²) in [6.45, 7) is 4.13. The summed E-state index contributed by atoms with van der Waals surface area (Å²) in [5.74, 6) is 1.08. The van der Waals surface area contributed by atoms with E-state index in [2.05, 4.69) is 38.2 Å². The molecule has 12 heteroatoms. The zero-order chi connectivity index (χ0) is 38.6. The van der Waals surface area contributed by atoms with Crippen LogP contribution in [0, 0.1) is 0 Å². The van der Waals surface area contributed by atoms with E-state index in [0.717, 1.165) is 56.5 Å². The number of thioether (sulfide) groups is 2. The van der Waals surface area contributed by atoms with Crippen molar-refractivity contribution in [3.63, 3.8) is 0 Å². The SMILES string of the molecule is CCCCCC/C=C\CCCCCCSCC(=O)OC[C@H](COP(=O)([O-])OCC[N+](C)(C)C)OC(=O)CSCCCCCC/C=C\CCCCCC. The lowest BCUT2D eigenvalue weighted by Gasteiger charge is -2.28. The number of nitrogens with zero attached hydrogens (tertiary/aromatic N) is 1. The highest BCUT2D eigenvalue weighted by Crippen LogP contribution is 2.38. The smallest absolute Gasteiger partial charge is 0.316 e. The molecule has 0 radical (unpaired) electrons. The van der Waals surface area contributed by atoms with Gasteiger partial charge in [0.15, 0.2) is 6.10 Å². The fraction of sp³-hybridized carbons (Fsp3) is 0.850. The van der Waals surface area contributed by atoms with Gasteiger partial charge >= 0.3 is 11.9 Å². The Morgan fingerprint density at radius 2 is 1.08 bits per heavy atom. The van der Waals surface area contributed by atoms with Gasteiger partial charge in [-0.1, -0.05) is 102 Å². The molecule has 0 fully saturated rings. The molecule has 1 unspecified atom stereocenters. The Morgan fingerprint density at radius 3 is 1.54 bits per heavy atom. The average molecular weight is 794 g/mol. The molecule has 0 aromatic heterocycles. The Kier molecular flexibility index (Phi) is 35.3. The van der Waals surface area contributed by atoms with E-state index < -0.39 is 32.5 Å². The first kappa shape index (κ1) is 51.2. The van der Waals surface area contributed by atoms with Crippen LogP contribution in [-0.4, -0.2) is 93.0 Å². The number of allylic oxidation sites excluding steroid dienone is 4. The number of phosphoric ester groups is 1. The van der Waals surface area contributed by atoms with Crippen molar-refractivity contribution in [3.8, 4) is 0 Å². The van der Waals surface area contributed by atoms with Crippen LogP contribution in [0.2, 0.25) is 0 Å². The van der Waals surface area contributed by atoms with Crippen LogP contribution in [0.15, 0.2) is 24.3 Å². The van der Waals surface area contributed by atoms with Crippen molar-refractivity contribution >= 4 is 43.3 Å². The second-order valence-corrected chi connectivity index (χ2v) is 18.2. The minimum atomic E-state index is -4.63. The fourth-order valence-corrected chi connectivity index (χ4v) is 7.32. The summed E-state index contributed by atoms with van der Waals surface area (Å²) in [6.07, 6.45) is 32.2. The van der Waals surface area contributed by atoms with Crippen molar-refractivity contribution in [1.29, 1.82) is 0 Å². The van der Waals surface area contributed by atoms with Crippen LogP contribution in [0.5, 0.6) is 0 Å². The molecule has 0 bridgehead atoms. The van der Waals surface area contributed by atoms with E-state index >= 15 is 0 Å². The Labute approximate surface area is 327 Å². The lowest BCUT2D eigenvalue weighted by molar-refractivity contribution is -0.870. The minimum absolute atomic E-state index is 0.0380. The molecule has 0 saturated carbocycles. The van der Waals surface area contributed by atoms with Crippen LogP contribution in [0.25, 0.3) is 0 Å². The van der Waals surface area contributed by atoms with Crippen LogP contribution in [-0.2, 0) is 32.7 Å². The predicted octanol–water partition coefficient (Wildman–Crippen LogP) is 10.1. The number of carbonyl (C=O) groups excluding carboxylic acids is 2. The van der Waals surface area contributed by atoms with Gasteiger partial charge in [-0.3, -0.25) is 14.2 Å². The highest BCUT2D eigenvalue weighted by atomic mass is 32.2. The van der Waals surface area contributed by atoms with Crippen molar-refractivity contribution in [3.05, 3.63) is 24.3 Å². The third kappa shape index (κ3) is 38.9. The number of ether oxygens (including phenoxy) is 2. The van der Waals surface area contributed by atoms with E-state index in [1.807, 2.05) is 21.1 Å². The number of rotatable bonds is 38. The Balaban J connectivity index is 4.40. The number of phosphoric acid groups is 1. The number of quaternary nitrogens is 1. The van der Waals surface area contributed by atoms with Crippen molar-refractivity contribution in [2.45, 2.75) is 148 Å². The minimum Gasteiger partial charge on any atom is -0.756 e. The predicted molar refractivity (Wildman–Crippen MR) is 220 cm³/mol. The molecular formula is C40H76NO8PS2. The molecule has 0 aliphatic rings. The summed E-state index contributed by atoms with van der Waals surface area (Å²) in [4.78, 5) is 37.4. The summed E-state index contributed by atoms with van der Waals surface area (Å²) in [5, 5.41) is 0. The maximum absolute atomic E-state index is 12.6. The molecule has 52 heavy (non-hydrogen) atoms. The number of hydrogen-bond donors (Lipinski definition) is 0. The zero-order valence-electron chi connectivity index (χ0n) is 33.7. The molecule has 0 N–H and O–H groups in total. The van der Waals surface area contributed by atoms with E-state index in [1.54, 1.807) is 0 Å². The summed E-state index contributed by atoms with van der Waals surface area (Å²) in [7, 11) is 1.14. The van der Waals surface area contributed by atoms with Gasteiger partial charge in [-0.15, -0.1) is 0 Å². The Hall–Kier alpha value is -0.810. The average Bonchev–Trinajstić information content (AvgIpc) is 3.09. The van der Waals surface area contributed by atoms with Gasteiger partial charge in [0.1, 0.15) is 19.8 Å². The number of hydrogen-bond acceptors (Lipinski definition) is 10. The first-order chi connectivity index (χ1) is 25.0. The first-order valence-corrected chi connectivity index (χ1v) is 24.0. The van der Waals surface area contributed by atoms with Gasteiger partial charge in [-0.2, -0.15) is 23.5 Å². The summed E-state index contributed by atoms with van der Waals surface area (Å²) in [6, 6.07) is 0. The van der Waals surface area contributed by atoms with Crippen LogP contribution < -0.4 is 4.89 Å². The zero-order valence-corrected chi connectivity index (χ0v) is 36.2. The number of esters is 2. The molecule has 9 nitrogen and oxygen atoms in total. The van der Waals surface area contributed by atoms with E-state index in [9.17, 15) is 19.0 Å². The van der Waals surface area contributed by atoms with E-state index in [1.165, 1.54) is 107 Å². The molecule has 0 aromatic carbocycles. The van der Waals surface area contributed by atoms with Gasteiger partial charge in [0.2, 0.25) is 0 Å². The van der Waals surface area contributed by atoms with E-state index in [-0.39, 0.29) is 24.7 Å². The second kappa shape index (κ2) is 35.9. The molecule has 0 rings (SSSR count). The second-order valence-electron chi connectivity index (χ2n) is 14.5. The van der Waals surface area contributed by atoms with Gasteiger partial charge in [0, 0.05) is 0 Å². The van der Waals surface area contributed by atoms with Gasteiger partial charge in [-0.05, 0) is 75.7 Å². The highest BCUT2D eigenvalue weighted by Gasteiger charge is 2.22. The largest absolute Gasteiger partial charge is 0.756 e. The lowest BCUT2D eigenvalue weighted by Crippen LogP contribution is -2.37. The van der Waals surface area contributed by atoms with Crippen LogP contribution in [0.4, 0.5) is 0 Å². The third-order valence-electron chi connectivity index (χ3n) is 8.20. The van der Waals surface area contributed by atoms with Gasteiger partial charge in [0.05, 0.1) is 39.3 Å². The third-order valence-corrected chi connectivity index (χ3v) is 11.2. The first-order valence-electron chi connectivity index (χ1n) is 20.2. The van der Waals surface area contributed by atoms with Gasteiger partial charge in [0.25, 0.3) is 7.82 Å². The topological polar surface area (TPSA) is 111 Å². The van der Waals surface area contributed by atoms with Gasteiger partial charge < -0.3 is 27.9 Å². The monoisotopic (exact) mass is 793 g/mol. The normalized spacial score (nSPS) is 13.9. The quantitative estimate of drug-likeness (QED) is 0.0197. The highest BCUT2D eigenvalue weighted by molar-refractivity contribution is 8.00. The molecule has 306 valence electrons. The number of likely N-dealkylation sites (N-methyl/N-ethyl adjacent to an activating group) is 1. The molecule has 0 aliphatic heterocycles. The molecule has 0 amide bonds. The Morgan fingerprint density at radius 1 is 0.635 bits per heavy atom. The molecule has 0 spiro atoms. The molecule has 0 aromatic rings. The molecule has 0 heterocycles. The van der Waals surface area contributed by atoms with Crippen molar-refractivity contribution in [2.75, 3.05) is 70.5 Å². The number of carbonyl (C=O) groups is 2. The fourth-order valence-electron chi connectivity index (χ4n) is 5.00. The molecule has 2 atom stereocenters.